The van der Waals surface area contributed by atoms with Gasteiger partial charge in [0.2, 0.25) is 5.91 Å². The van der Waals surface area contributed by atoms with Crippen molar-refractivity contribution in [3.8, 4) is 6.07 Å². The van der Waals surface area contributed by atoms with Gasteiger partial charge in [-0.15, -0.1) is 0 Å². The fraction of sp³-hybridized carbons (Fsp3) is 0.818. The first-order valence-electron chi connectivity index (χ1n) is 5.27. The van der Waals surface area contributed by atoms with Crippen molar-refractivity contribution in [1.29, 1.82) is 5.26 Å². The molecular formula is C11H18N2O. The van der Waals surface area contributed by atoms with Crippen LogP contribution in [0.1, 0.15) is 39.0 Å². The van der Waals surface area contributed by atoms with E-state index in [0.29, 0.717) is 12.0 Å². The molecule has 0 aromatic rings. The van der Waals surface area contributed by atoms with Crippen molar-refractivity contribution in [2.75, 3.05) is 7.05 Å². The average molecular weight is 194 g/mol. The number of hydrogen-bond acceptors (Lipinski definition) is 2. The van der Waals surface area contributed by atoms with E-state index in [1.807, 2.05) is 13.1 Å². The van der Waals surface area contributed by atoms with Crippen LogP contribution in [0.3, 0.4) is 0 Å². The first kappa shape index (κ1) is 11.0. The molecule has 2 unspecified atom stereocenters. The number of hydrogen-bond donors (Lipinski definition) is 0. The number of nitriles is 1. The molecular weight excluding hydrogens is 176 g/mol. The Hall–Kier alpha value is -1.04. The monoisotopic (exact) mass is 194 g/mol. The molecule has 0 radical (unpaired) electrons. The molecule has 2 atom stereocenters. The molecule has 14 heavy (non-hydrogen) atoms. The van der Waals surface area contributed by atoms with Crippen LogP contribution in [0, 0.1) is 17.2 Å². The van der Waals surface area contributed by atoms with Crippen molar-refractivity contribution in [2.45, 2.75) is 45.1 Å². The summed E-state index contributed by atoms with van der Waals surface area (Å²) in [6, 6.07) is 2.27. The number of rotatable bonds is 2. The Balaban J connectivity index is 2.47. The van der Waals surface area contributed by atoms with Crippen LogP contribution in [-0.2, 0) is 4.79 Å². The van der Waals surface area contributed by atoms with Crippen molar-refractivity contribution >= 4 is 5.91 Å². The maximum absolute atomic E-state index is 11.5. The van der Waals surface area contributed by atoms with Gasteiger partial charge in [-0.25, -0.2) is 0 Å². The smallest absolute Gasteiger partial charge is 0.236 e. The first-order chi connectivity index (χ1) is 6.65. The van der Waals surface area contributed by atoms with Crippen molar-refractivity contribution in [1.82, 2.24) is 4.90 Å². The fourth-order valence-corrected chi connectivity index (χ4v) is 2.15. The summed E-state index contributed by atoms with van der Waals surface area (Å²) in [6.07, 6.45) is 4.68. The van der Waals surface area contributed by atoms with E-state index in [0.717, 1.165) is 12.8 Å². The molecule has 1 aliphatic carbocycles. The number of nitrogens with zero attached hydrogens (tertiary/aromatic N) is 2. The lowest BCUT2D eigenvalue weighted by atomic mass is 9.86. The highest BCUT2D eigenvalue weighted by Gasteiger charge is 2.24. The Bertz CT molecular complexity index is 244. The quantitative estimate of drug-likeness (QED) is 0.674. The minimum absolute atomic E-state index is 0.0153. The van der Waals surface area contributed by atoms with Crippen LogP contribution in [0.2, 0.25) is 0 Å². The highest BCUT2D eigenvalue weighted by atomic mass is 16.2. The van der Waals surface area contributed by atoms with Gasteiger partial charge in [-0.1, -0.05) is 19.8 Å². The molecule has 0 saturated heterocycles. The van der Waals surface area contributed by atoms with Crippen LogP contribution in [0.25, 0.3) is 0 Å². The van der Waals surface area contributed by atoms with Gasteiger partial charge >= 0.3 is 0 Å². The molecule has 0 aliphatic heterocycles. The van der Waals surface area contributed by atoms with Gasteiger partial charge in [-0.05, 0) is 18.8 Å². The Labute approximate surface area is 85.7 Å². The Morgan fingerprint density at radius 2 is 2.29 bits per heavy atom. The van der Waals surface area contributed by atoms with Crippen LogP contribution < -0.4 is 0 Å². The van der Waals surface area contributed by atoms with Crippen LogP contribution in [-0.4, -0.2) is 23.9 Å². The zero-order valence-electron chi connectivity index (χ0n) is 8.99. The van der Waals surface area contributed by atoms with Gasteiger partial charge in [0.15, 0.2) is 0 Å². The Kier molecular flexibility index (Phi) is 3.94. The SMILES string of the molecule is CC1CCCC(N(C)C(=O)CC#N)C1. The molecule has 1 aliphatic rings. The average Bonchev–Trinajstić information content (AvgIpc) is 2.17. The highest BCUT2D eigenvalue weighted by molar-refractivity contribution is 5.78. The molecule has 78 valence electrons. The van der Waals surface area contributed by atoms with E-state index in [1.165, 1.54) is 12.8 Å². The maximum Gasteiger partial charge on any atom is 0.236 e. The third kappa shape index (κ3) is 2.73. The molecule has 0 bridgehead atoms. The van der Waals surface area contributed by atoms with E-state index in [-0.39, 0.29) is 12.3 Å². The van der Waals surface area contributed by atoms with E-state index in [9.17, 15) is 4.79 Å². The highest BCUT2D eigenvalue weighted by Crippen LogP contribution is 2.26. The molecule has 1 fully saturated rings. The molecule has 1 rings (SSSR count). The number of carbonyl (C=O) groups excluding carboxylic acids is 1. The second-order valence-electron chi connectivity index (χ2n) is 4.27. The van der Waals surface area contributed by atoms with Crippen LogP contribution >= 0.6 is 0 Å². The van der Waals surface area contributed by atoms with E-state index < -0.39 is 0 Å². The van der Waals surface area contributed by atoms with Gasteiger partial charge in [0.25, 0.3) is 0 Å². The van der Waals surface area contributed by atoms with Crippen molar-refractivity contribution in [2.24, 2.45) is 5.92 Å². The molecule has 1 amide bonds. The largest absolute Gasteiger partial charge is 0.342 e. The summed E-state index contributed by atoms with van der Waals surface area (Å²) in [5, 5.41) is 8.44. The summed E-state index contributed by atoms with van der Waals surface area (Å²) >= 11 is 0. The van der Waals surface area contributed by atoms with Crippen molar-refractivity contribution in [3.63, 3.8) is 0 Å². The van der Waals surface area contributed by atoms with Crippen LogP contribution in [0.4, 0.5) is 0 Å². The lowest BCUT2D eigenvalue weighted by Gasteiger charge is -2.33. The second kappa shape index (κ2) is 4.99. The molecule has 0 N–H and O–H groups in total. The lowest BCUT2D eigenvalue weighted by Crippen LogP contribution is -2.39. The molecule has 3 heteroatoms. The van der Waals surface area contributed by atoms with Gasteiger partial charge in [0.1, 0.15) is 6.42 Å². The van der Waals surface area contributed by atoms with Gasteiger partial charge in [-0.3, -0.25) is 4.79 Å². The van der Waals surface area contributed by atoms with Crippen molar-refractivity contribution < 1.29 is 4.79 Å². The summed E-state index contributed by atoms with van der Waals surface area (Å²) in [6.45, 7) is 2.23. The zero-order valence-corrected chi connectivity index (χ0v) is 8.99. The topological polar surface area (TPSA) is 44.1 Å². The van der Waals surface area contributed by atoms with Gasteiger partial charge in [0, 0.05) is 13.1 Å². The van der Waals surface area contributed by atoms with E-state index in [4.69, 9.17) is 5.26 Å². The van der Waals surface area contributed by atoms with Crippen LogP contribution in [0.15, 0.2) is 0 Å². The van der Waals surface area contributed by atoms with Gasteiger partial charge in [-0.2, -0.15) is 5.26 Å². The summed E-state index contributed by atoms with van der Waals surface area (Å²) in [5.41, 5.74) is 0. The lowest BCUT2D eigenvalue weighted by molar-refractivity contribution is -0.131. The summed E-state index contributed by atoms with van der Waals surface area (Å²) in [5.74, 6) is 0.678. The van der Waals surface area contributed by atoms with Gasteiger partial charge < -0.3 is 4.90 Å². The number of amides is 1. The normalized spacial score (nSPS) is 26.6. The zero-order chi connectivity index (χ0) is 10.6. The molecule has 3 nitrogen and oxygen atoms in total. The Morgan fingerprint density at radius 1 is 1.57 bits per heavy atom. The van der Waals surface area contributed by atoms with Crippen molar-refractivity contribution in [3.05, 3.63) is 0 Å². The molecule has 1 saturated carbocycles. The maximum atomic E-state index is 11.5. The molecule has 0 spiro atoms. The second-order valence-corrected chi connectivity index (χ2v) is 4.27. The third-order valence-corrected chi connectivity index (χ3v) is 3.08. The predicted octanol–water partition coefficient (Wildman–Crippen LogP) is 1.94. The first-order valence-corrected chi connectivity index (χ1v) is 5.27. The Morgan fingerprint density at radius 3 is 2.86 bits per heavy atom. The summed E-state index contributed by atoms with van der Waals surface area (Å²) in [4.78, 5) is 13.2. The number of carbonyl (C=O) groups is 1. The predicted molar refractivity (Wildman–Crippen MR) is 54.4 cm³/mol. The van der Waals surface area contributed by atoms with E-state index in [2.05, 4.69) is 6.92 Å². The summed E-state index contributed by atoms with van der Waals surface area (Å²) in [7, 11) is 1.82. The molecule has 0 heterocycles. The minimum atomic E-state index is -0.0356. The summed E-state index contributed by atoms with van der Waals surface area (Å²) < 4.78 is 0. The van der Waals surface area contributed by atoms with Gasteiger partial charge in [0.05, 0.1) is 6.07 Å². The minimum Gasteiger partial charge on any atom is -0.342 e. The fourth-order valence-electron chi connectivity index (χ4n) is 2.15. The molecule has 0 aromatic carbocycles. The van der Waals surface area contributed by atoms with E-state index in [1.54, 1.807) is 4.90 Å². The molecule has 0 aromatic heterocycles. The standard InChI is InChI=1S/C11H18N2O/c1-9-4-3-5-10(8-9)13(2)11(14)6-7-12/h9-10H,3-6,8H2,1-2H3. The van der Waals surface area contributed by atoms with Crippen LogP contribution in [0.5, 0.6) is 0 Å². The third-order valence-electron chi connectivity index (χ3n) is 3.08. The van der Waals surface area contributed by atoms with E-state index >= 15 is 0 Å².